The third kappa shape index (κ3) is 2.98. The van der Waals surface area contributed by atoms with Gasteiger partial charge in [0, 0.05) is 23.7 Å². The molecule has 6 heteroatoms. The van der Waals surface area contributed by atoms with Gasteiger partial charge in [0.05, 0.1) is 0 Å². The third-order valence-electron chi connectivity index (χ3n) is 2.01. The molecular formula is C11H9ClN4O. The first-order valence-corrected chi connectivity index (χ1v) is 5.25. The van der Waals surface area contributed by atoms with E-state index < -0.39 is 0 Å². The molecule has 2 heterocycles. The minimum Gasteiger partial charge on any atom is -0.290 e. The molecule has 0 saturated heterocycles. The van der Waals surface area contributed by atoms with E-state index in [0.29, 0.717) is 5.56 Å². The Morgan fingerprint density at radius 2 is 2.06 bits per heavy atom. The van der Waals surface area contributed by atoms with Gasteiger partial charge in [-0.1, -0.05) is 11.6 Å². The quantitative estimate of drug-likeness (QED) is 0.827. The van der Waals surface area contributed by atoms with Crippen molar-refractivity contribution in [2.75, 3.05) is 5.32 Å². The Kier molecular flexibility index (Phi) is 3.30. The van der Waals surface area contributed by atoms with Gasteiger partial charge in [0.15, 0.2) is 0 Å². The van der Waals surface area contributed by atoms with Gasteiger partial charge in [-0.25, -0.2) is 9.97 Å². The molecule has 2 aromatic rings. The summed E-state index contributed by atoms with van der Waals surface area (Å²) in [4.78, 5) is 23.6. The molecule has 0 unspecified atom stereocenters. The number of anilines is 1. The van der Waals surface area contributed by atoms with Crippen LogP contribution in [0.3, 0.4) is 0 Å². The summed E-state index contributed by atoms with van der Waals surface area (Å²) in [6.07, 6.45) is 3.05. The number of nitrogens with zero attached hydrogens (tertiary/aromatic N) is 3. The van der Waals surface area contributed by atoms with Gasteiger partial charge >= 0.3 is 0 Å². The number of hydrogen-bond acceptors (Lipinski definition) is 4. The van der Waals surface area contributed by atoms with Crippen molar-refractivity contribution < 1.29 is 4.79 Å². The second-order valence-corrected chi connectivity index (χ2v) is 3.73. The molecule has 17 heavy (non-hydrogen) atoms. The average molecular weight is 249 g/mol. The highest BCUT2D eigenvalue weighted by Crippen LogP contribution is 2.08. The van der Waals surface area contributed by atoms with Crippen molar-refractivity contribution in [2.24, 2.45) is 0 Å². The van der Waals surface area contributed by atoms with Crippen molar-refractivity contribution in [3.05, 3.63) is 47.0 Å². The molecule has 86 valence electrons. The second-order valence-electron chi connectivity index (χ2n) is 3.34. The minimum atomic E-state index is -0.294. The molecule has 0 aliphatic heterocycles. The summed E-state index contributed by atoms with van der Waals surface area (Å²) in [6.45, 7) is 1.81. The van der Waals surface area contributed by atoms with Crippen LogP contribution >= 0.6 is 11.6 Å². The summed E-state index contributed by atoms with van der Waals surface area (Å²) in [5.41, 5.74) is 1.27. The highest BCUT2D eigenvalue weighted by Gasteiger charge is 2.08. The summed E-state index contributed by atoms with van der Waals surface area (Å²) in [5, 5.41) is 2.83. The van der Waals surface area contributed by atoms with Gasteiger partial charge < -0.3 is 0 Å². The van der Waals surface area contributed by atoms with Crippen LogP contribution in [0.15, 0.2) is 30.6 Å². The van der Waals surface area contributed by atoms with E-state index in [9.17, 15) is 4.79 Å². The molecule has 0 bridgehead atoms. The van der Waals surface area contributed by atoms with E-state index in [4.69, 9.17) is 11.6 Å². The van der Waals surface area contributed by atoms with E-state index in [1.807, 2.05) is 6.92 Å². The van der Waals surface area contributed by atoms with Crippen LogP contribution in [0.25, 0.3) is 0 Å². The predicted octanol–water partition coefficient (Wildman–Crippen LogP) is 2.09. The number of carbonyl (C=O) groups is 1. The van der Waals surface area contributed by atoms with Crippen LogP contribution in [0.2, 0.25) is 5.15 Å². The molecule has 2 aromatic heterocycles. The largest absolute Gasteiger partial charge is 0.290 e. The van der Waals surface area contributed by atoms with Crippen LogP contribution in [0.4, 0.5) is 5.95 Å². The highest BCUT2D eigenvalue weighted by molar-refractivity contribution is 6.29. The maximum absolute atomic E-state index is 11.8. The number of pyridine rings is 1. The first-order valence-electron chi connectivity index (χ1n) is 4.88. The molecule has 1 amide bonds. The topological polar surface area (TPSA) is 67.8 Å². The zero-order valence-corrected chi connectivity index (χ0v) is 9.77. The van der Waals surface area contributed by atoms with Crippen molar-refractivity contribution >= 4 is 23.5 Å². The van der Waals surface area contributed by atoms with E-state index in [2.05, 4.69) is 20.3 Å². The van der Waals surface area contributed by atoms with E-state index in [1.165, 1.54) is 12.3 Å². The zero-order valence-electron chi connectivity index (χ0n) is 9.01. The SMILES string of the molecule is Cc1cc(C(=O)Nc2nccc(Cl)n2)ccn1. The summed E-state index contributed by atoms with van der Waals surface area (Å²) >= 11 is 5.69. The Bertz CT molecular complexity index is 559. The second kappa shape index (κ2) is 4.88. The first-order chi connectivity index (χ1) is 8.15. The Labute approximate surface area is 103 Å². The lowest BCUT2D eigenvalue weighted by Gasteiger charge is -2.03. The maximum atomic E-state index is 11.8. The molecule has 0 aliphatic rings. The van der Waals surface area contributed by atoms with E-state index in [-0.39, 0.29) is 17.0 Å². The third-order valence-corrected chi connectivity index (χ3v) is 2.22. The summed E-state index contributed by atoms with van der Waals surface area (Å²) < 4.78 is 0. The summed E-state index contributed by atoms with van der Waals surface area (Å²) in [5.74, 6) is -0.116. The van der Waals surface area contributed by atoms with Crippen LogP contribution in [0.1, 0.15) is 16.1 Å². The number of hydrogen-bond donors (Lipinski definition) is 1. The number of rotatable bonds is 2. The van der Waals surface area contributed by atoms with Crippen LogP contribution in [0.5, 0.6) is 0 Å². The number of halogens is 1. The van der Waals surface area contributed by atoms with Crippen LogP contribution in [0, 0.1) is 6.92 Å². The lowest BCUT2D eigenvalue weighted by molar-refractivity contribution is 0.102. The van der Waals surface area contributed by atoms with E-state index in [0.717, 1.165) is 5.69 Å². The molecule has 0 atom stereocenters. The van der Waals surface area contributed by atoms with Crippen LogP contribution < -0.4 is 5.32 Å². The number of nitrogens with one attached hydrogen (secondary N) is 1. The lowest BCUT2D eigenvalue weighted by atomic mass is 10.2. The van der Waals surface area contributed by atoms with Gasteiger partial charge in [-0.15, -0.1) is 0 Å². The minimum absolute atomic E-state index is 0.178. The molecule has 0 spiro atoms. The van der Waals surface area contributed by atoms with Gasteiger partial charge in [0.25, 0.3) is 5.91 Å². The molecule has 0 fully saturated rings. The fraction of sp³-hybridized carbons (Fsp3) is 0.0909. The van der Waals surface area contributed by atoms with Crippen molar-refractivity contribution in [3.63, 3.8) is 0 Å². The maximum Gasteiger partial charge on any atom is 0.258 e. The Morgan fingerprint density at radius 1 is 1.29 bits per heavy atom. The fourth-order valence-electron chi connectivity index (χ4n) is 1.26. The highest BCUT2D eigenvalue weighted by atomic mass is 35.5. The van der Waals surface area contributed by atoms with Gasteiger partial charge in [0.2, 0.25) is 5.95 Å². The predicted molar refractivity (Wildman–Crippen MR) is 64.0 cm³/mol. The number of aromatic nitrogens is 3. The normalized spacial score (nSPS) is 10.0. The fourth-order valence-corrected chi connectivity index (χ4v) is 1.39. The molecule has 0 saturated carbocycles. The van der Waals surface area contributed by atoms with Crippen LogP contribution in [-0.4, -0.2) is 20.9 Å². The smallest absolute Gasteiger partial charge is 0.258 e. The molecule has 0 aromatic carbocycles. The lowest BCUT2D eigenvalue weighted by Crippen LogP contribution is -2.14. The zero-order chi connectivity index (χ0) is 12.3. The van der Waals surface area contributed by atoms with Gasteiger partial charge in [-0.05, 0) is 25.1 Å². The number of amides is 1. The molecule has 0 aliphatic carbocycles. The van der Waals surface area contributed by atoms with Crippen molar-refractivity contribution in [3.8, 4) is 0 Å². The van der Waals surface area contributed by atoms with Crippen molar-refractivity contribution in [1.29, 1.82) is 0 Å². The molecule has 0 radical (unpaired) electrons. The molecule has 5 nitrogen and oxygen atoms in total. The summed E-state index contributed by atoms with van der Waals surface area (Å²) in [7, 11) is 0. The molecular weight excluding hydrogens is 240 g/mol. The van der Waals surface area contributed by atoms with E-state index in [1.54, 1.807) is 18.3 Å². The number of carbonyl (C=O) groups excluding carboxylic acids is 1. The van der Waals surface area contributed by atoms with Crippen molar-refractivity contribution in [2.45, 2.75) is 6.92 Å². The van der Waals surface area contributed by atoms with E-state index >= 15 is 0 Å². The molecule has 1 N–H and O–H groups in total. The Hall–Kier alpha value is -2.01. The Morgan fingerprint density at radius 3 is 2.76 bits per heavy atom. The monoisotopic (exact) mass is 248 g/mol. The van der Waals surface area contributed by atoms with Gasteiger partial charge in [0.1, 0.15) is 5.15 Å². The Balaban J connectivity index is 2.17. The number of aryl methyl sites for hydroxylation is 1. The standard InChI is InChI=1S/C11H9ClN4O/c1-7-6-8(2-4-13-7)10(17)16-11-14-5-3-9(12)15-11/h2-6H,1H3,(H,14,15,16,17). The first kappa shape index (κ1) is 11.5. The average Bonchev–Trinajstić information content (AvgIpc) is 2.29. The van der Waals surface area contributed by atoms with Crippen LogP contribution in [-0.2, 0) is 0 Å². The van der Waals surface area contributed by atoms with Gasteiger partial charge in [-0.2, -0.15) is 0 Å². The van der Waals surface area contributed by atoms with Gasteiger partial charge in [-0.3, -0.25) is 15.1 Å². The molecule has 2 rings (SSSR count). The van der Waals surface area contributed by atoms with Crippen molar-refractivity contribution in [1.82, 2.24) is 15.0 Å². The summed E-state index contributed by atoms with van der Waals surface area (Å²) in [6, 6.07) is 4.83.